The molecule has 0 amide bonds. The van der Waals surface area contributed by atoms with E-state index >= 15 is 0 Å². The Morgan fingerprint density at radius 1 is 1.53 bits per heavy atom. The molecule has 19 heavy (non-hydrogen) atoms. The molecule has 1 aromatic rings. The minimum atomic E-state index is -0.671. The number of para-hydroxylation sites is 1. The second-order valence-electron chi connectivity index (χ2n) is 5.32. The van der Waals surface area contributed by atoms with Gasteiger partial charge in [-0.25, -0.2) is 4.39 Å². The highest BCUT2D eigenvalue weighted by atomic mass is 19.1. The summed E-state index contributed by atoms with van der Waals surface area (Å²) in [6.07, 6.45) is 1.51. The van der Waals surface area contributed by atoms with Gasteiger partial charge in [0.2, 0.25) is 0 Å². The van der Waals surface area contributed by atoms with Gasteiger partial charge in [-0.05, 0) is 31.7 Å². The van der Waals surface area contributed by atoms with Crippen molar-refractivity contribution in [1.29, 1.82) is 0 Å². The van der Waals surface area contributed by atoms with E-state index in [0.717, 1.165) is 32.6 Å². The molecule has 1 N–H and O–H groups in total. The quantitative estimate of drug-likeness (QED) is 0.910. The van der Waals surface area contributed by atoms with E-state index in [-0.39, 0.29) is 5.82 Å². The number of anilines is 1. The van der Waals surface area contributed by atoms with Gasteiger partial charge in [-0.2, -0.15) is 0 Å². The second-order valence-corrected chi connectivity index (χ2v) is 5.32. The molecule has 0 radical (unpaired) electrons. The molecule has 0 saturated carbocycles. The summed E-state index contributed by atoms with van der Waals surface area (Å²) in [4.78, 5) is 1.90. The summed E-state index contributed by atoms with van der Waals surface area (Å²) < 4.78 is 19.5. The Balaban J connectivity index is 2.15. The summed E-state index contributed by atoms with van der Waals surface area (Å²) in [6, 6.07) is 4.85. The first-order chi connectivity index (χ1) is 9.09. The van der Waals surface area contributed by atoms with Crippen LogP contribution in [0.2, 0.25) is 0 Å². The second kappa shape index (κ2) is 6.35. The molecule has 106 valence electrons. The lowest BCUT2D eigenvalue weighted by Gasteiger charge is -2.30. The van der Waals surface area contributed by atoms with Crippen LogP contribution in [0.5, 0.6) is 0 Å². The van der Waals surface area contributed by atoms with Crippen molar-refractivity contribution in [3.8, 4) is 0 Å². The molecule has 4 heteroatoms. The number of benzene rings is 1. The smallest absolute Gasteiger partial charge is 0.146 e. The van der Waals surface area contributed by atoms with Crippen molar-refractivity contribution < 1.29 is 14.2 Å². The molecule has 1 aromatic carbocycles. The molecule has 1 heterocycles. The van der Waals surface area contributed by atoms with E-state index < -0.39 is 6.10 Å². The van der Waals surface area contributed by atoms with Gasteiger partial charge in [0.05, 0.1) is 18.4 Å². The van der Waals surface area contributed by atoms with Gasteiger partial charge in [-0.15, -0.1) is 0 Å². The number of aliphatic hydroxyl groups is 1. The lowest BCUT2D eigenvalue weighted by atomic mass is 10.0. The van der Waals surface area contributed by atoms with Crippen molar-refractivity contribution in [2.45, 2.75) is 25.9 Å². The first-order valence-electron chi connectivity index (χ1n) is 6.85. The number of aliphatic hydroxyl groups excluding tert-OH is 1. The Kier molecular flexibility index (Phi) is 4.77. The van der Waals surface area contributed by atoms with Crippen LogP contribution in [0.25, 0.3) is 0 Å². The van der Waals surface area contributed by atoms with Crippen LogP contribution in [0.1, 0.15) is 31.4 Å². The van der Waals surface area contributed by atoms with Gasteiger partial charge < -0.3 is 14.7 Å². The van der Waals surface area contributed by atoms with Gasteiger partial charge in [-0.1, -0.05) is 12.1 Å². The van der Waals surface area contributed by atoms with E-state index in [1.165, 1.54) is 6.07 Å². The van der Waals surface area contributed by atoms with Crippen LogP contribution in [0.3, 0.4) is 0 Å². The first-order valence-corrected chi connectivity index (χ1v) is 6.85. The van der Waals surface area contributed by atoms with Crippen molar-refractivity contribution in [1.82, 2.24) is 0 Å². The van der Waals surface area contributed by atoms with Gasteiger partial charge in [0.15, 0.2) is 0 Å². The molecule has 0 bridgehead atoms. The van der Waals surface area contributed by atoms with E-state index in [2.05, 4.69) is 0 Å². The monoisotopic (exact) mass is 267 g/mol. The van der Waals surface area contributed by atoms with Gasteiger partial charge in [0.1, 0.15) is 5.82 Å². The summed E-state index contributed by atoms with van der Waals surface area (Å²) in [6.45, 7) is 3.98. The summed E-state index contributed by atoms with van der Waals surface area (Å²) in [5, 5.41) is 9.77. The maximum absolute atomic E-state index is 14.0. The Morgan fingerprint density at radius 3 is 2.95 bits per heavy atom. The van der Waals surface area contributed by atoms with Crippen LogP contribution in [-0.4, -0.2) is 31.9 Å². The largest absolute Gasteiger partial charge is 0.389 e. The lowest BCUT2D eigenvalue weighted by Crippen LogP contribution is -2.32. The zero-order valence-electron chi connectivity index (χ0n) is 11.6. The fourth-order valence-corrected chi connectivity index (χ4v) is 2.70. The summed E-state index contributed by atoms with van der Waals surface area (Å²) in [5.41, 5.74) is 1.14. The minimum Gasteiger partial charge on any atom is -0.389 e. The molecule has 2 unspecified atom stereocenters. The van der Waals surface area contributed by atoms with E-state index in [1.807, 2.05) is 11.9 Å². The molecule has 3 nitrogen and oxygen atoms in total. The molecular weight excluding hydrogens is 245 g/mol. The van der Waals surface area contributed by atoms with E-state index in [0.29, 0.717) is 17.2 Å². The number of hydrogen-bond acceptors (Lipinski definition) is 3. The number of halogens is 1. The Morgan fingerprint density at radius 2 is 2.32 bits per heavy atom. The van der Waals surface area contributed by atoms with Crippen LogP contribution in [0.15, 0.2) is 18.2 Å². The highest BCUT2D eigenvalue weighted by molar-refractivity contribution is 5.55. The molecule has 1 saturated heterocycles. The molecule has 1 fully saturated rings. The molecule has 0 spiro atoms. The average Bonchev–Trinajstić information content (AvgIpc) is 2.39. The number of rotatable bonds is 4. The van der Waals surface area contributed by atoms with Crippen LogP contribution in [0.4, 0.5) is 10.1 Å². The zero-order chi connectivity index (χ0) is 13.8. The van der Waals surface area contributed by atoms with E-state index in [9.17, 15) is 9.50 Å². The van der Waals surface area contributed by atoms with Gasteiger partial charge in [-0.3, -0.25) is 0 Å². The fourth-order valence-electron chi connectivity index (χ4n) is 2.70. The zero-order valence-corrected chi connectivity index (χ0v) is 11.6. The number of ether oxygens (including phenoxy) is 1. The van der Waals surface area contributed by atoms with Crippen molar-refractivity contribution in [3.63, 3.8) is 0 Å². The third-order valence-corrected chi connectivity index (χ3v) is 3.64. The van der Waals surface area contributed by atoms with Crippen molar-refractivity contribution in [2.24, 2.45) is 5.92 Å². The van der Waals surface area contributed by atoms with Gasteiger partial charge in [0.25, 0.3) is 0 Å². The van der Waals surface area contributed by atoms with Crippen molar-refractivity contribution in [3.05, 3.63) is 29.6 Å². The summed E-state index contributed by atoms with van der Waals surface area (Å²) in [7, 11) is 1.87. The van der Waals surface area contributed by atoms with Crippen LogP contribution < -0.4 is 4.90 Å². The Labute approximate surface area is 114 Å². The standard InChI is InChI=1S/C15H22FNO2/c1-11(18)13-6-3-7-14(16)15(13)17(2)9-12-5-4-8-19-10-12/h3,6-7,11-12,18H,4-5,8-10H2,1-2H3. The third kappa shape index (κ3) is 3.45. The third-order valence-electron chi connectivity index (χ3n) is 3.64. The van der Waals surface area contributed by atoms with Gasteiger partial charge >= 0.3 is 0 Å². The molecular formula is C15H22FNO2. The molecule has 1 aliphatic rings. The highest BCUT2D eigenvalue weighted by Crippen LogP contribution is 2.29. The van der Waals surface area contributed by atoms with Crippen LogP contribution in [0, 0.1) is 11.7 Å². The van der Waals surface area contributed by atoms with E-state index in [4.69, 9.17) is 4.74 Å². The van der Waals surface area contributed by atoms with Crippen molar-refractivity contribution >= 4 is 5.69 Å². The van der Waals surface area contributed by atoms with Crippen molar-refractivity contribution in [2.75, 3.05) is 31.7 Å². The molecule has 2 rings (SSSR count). The topological polar surface area (TPSA) is 32.7 Å². The van der Waals surface area contributed by atoms with Crippen LogP contribution >= 0.6 is 0 Å². The Hall–Kier alpha value is -1.13. The lowest BCUT2D eigenvalue weighted by molar-refractivity contribution is 0.0575. The summed E-state index contributed by atoms with van der Waals surface area (Å²) in [5.74, 6) is 0.151. The predicted octanol–water partition coefficient (Wildman–Crippen LogP) is 2.74. The average molecular weight is 267 g/mol. The van der Waals surface area contributed by atoms with E-state index in [1.54, 1.807) is 19.1 Å². The Bertz CT molecular complexity index is 417. The SMILES string of the molecule is CC(O)c1cccc(F)c1N(C)CC1CCCOC1. The number of hydrogen-bond donors (Lipinski definition) is 1. The molecule has 2 atom stereocenters. The molecule has 0 aromatic heterocycles. The van der Waals surface area contributed by atoms with Crippen LogP contribution in [-0.2, 0) is 4.74 Å². The number of nitrogens with zero attached hydrogens (tertiary/aromatic N) is 1. The molecule has 1 aliphatic heterocycles. The predicted molar refractivity (Wildman–Crippen MR) is 73.8 cm³/mol. The fraction of sp³-hybridized carbons (Fsp3) is 0.600. The summed E-state index contributed by atoms with van der Waals surface area (Å²) >= 11 is 0. The normalized spacial score (nSPS) is 21.2. The molecule has 0 aliphatic carbocycles. The highest BCUT2D eigenvalue weighted by Gasteiger charge is 2.20. The first kappa shape index (κ1) is 14.3. The maximum atomic E-state index is 14.0. The van der Waals surface area contributed by atoms with Gasteiger partial charge in [0, 0.05) is 25.8 Å². The maximum Gasteiger partial charge on any atom is 0.146 e. The minimum absolute atomic E-state index is 0.280.